The second-order valence-corrected chi connectivity index (χ2v) is 5.10. The van der Waals surface area contributed by atoms with Crippen LogP contribution in [0.2, 0.25) is 0 Å². The fraction of sp³-hybridized carbons (Fsp3) is 0.333. The third-order valence-corrected chi connectivity index (χ3v) is 3.60. The van der Waals surface area contributed by atoms with Gasteiger partial charge in [0.2, 0.25) is 5.91 Å². The minimum atomic E-state index is -0.379. The van der Waals surface area contributed by atoms with Crippen molar-refractivity contribution in [3.05, 3.63) is 40.2 Å². The molecule has 1 fully saturated rings. The summed E-state index contributed by atoms with van der Waals surface area (Å²) in [7, 11) is 0. The molecule has 0 unspecified atom stereocenters. The van der Waals surface area contributed by atoms with E-state index in [1.165, 1.54) is 6.07 Å². The summed E-state index contributed by atoms with van der Waals surface area (Å²) in [5, 5.41) is 6.87. The quantitative estimate of drug-likeness (QED) is 0.818. The molecule has 1 saturated heterocycles. The fourth-order valence-corrected chi connectivity index (χ4v) is 2.54. The molecule has 0 radical (unpaired) electrons. The molecule has 1 atom stereocenters. The van der Waals surface area contributed by atoms with Crippen LogP contribution in [0.15, 0.2) is 33.5 Å². The van der Waals surface area contributed by atoms with Crippen molar-refractivity contribution in [2.75, 3.05) is 11.9 Å². The lowest BCUT2D eigenvalue weighted by Crippen LogP contribution is -2.35. The van der Waals surface area contributed by atoms with Crippen LogP contribution in [0.5, 0.6) is 0 Å². The molecule has 5 heteroatoms. The van der Waals surface area contributed by atoms with Crippen LogP contribution in [0.25, 0.3) is 11.0 Å². The molecule has 1 aromatic heterocycles. The summed E-state index contributed by atoms with van der Waals surface area (Å²) in [6, 6.07) is 6.70. The first-order chi connectivity index (χ1) is 9.63. The zero-order valence-electron chi connectivity index (χ0n) is 11.2. The number of hydrogen-bond donors (Lipinski definition) is 2. The lowest BCUT2D eigenvalue weighted by molar-refractivity contribution is -0.117. The van der Waals surface area contributed by atoms with Crippen molar-refractivity contribution < 1.29 is 9.21 Å². The summed E-state index contributed by atoms with van der Waals surface area (Å²) in [6.45, 7) is 2.74. The first-order valence-electron chi connectivity index (χ1n) is 6.72. The van der Waals surface area contributed by atoms with Gasteiger partial charge in [-0.05, 0) is 44.0 Å². The molecule has 0 saturated carbocycles. The van der Waals surface area contributed by atoms with Crippen LogP contribution >= 0.6 is 0 Å². The van der Waals surface area contributed by atoms with Crippen LogP contribution in [-0.2, 0) is 4.79 Å². The molecule has 3 rings (SSSR count). The Morgan fingerprint density at radius 3 is 3.00 bits per heavy atom. The first kappa shape index (κ1) is 12.9. The Kier molecular flexibility index (Phi) is 3.28. The van der Waals surface area contributed by atoms with Crippen LogP contribution in [-0.4, -0.2) is 18.5 Å². The highest BCUT2D eigenvalue weighted by Gasteiger charge is 2.21. The van der Waals surface area contributed by atoms with E-state index in [0.29, 0.717) is 11.3 Å². The molecule has 1 aliphatic rings. The van der Waals surface area contributed by atoms with Gasteiger partial charge >= 0.3 is 5.63 Å². The van der Waals surface area contributed by atoms with Gasteiger partial charge in [-0.3, -0.25) is 4.79 Å². The van der Waals surface area contributed by atoms with E-state index in [1.54, 1.807) is 6.07 Å². The third-order valence-electron chi connectivity index (χ3n) is 3.60. The molecule has 1 aliphatic heterocycles. The Morgan fingerprint density at radius 2 is 2.25 bits per heavy atom. The van der Waals surface area contributed by atoms with Crippen molar-refractivity contribution in [1.82, 2.24) is 5.32 Å². The molecule has 5 nitrogen and oxygen atoms in total. The summed E-state index contributed by atoms with van der Waals surface area (Å²) >= 11 is 0. The van der Waals surface area contributed by atoms with Gasteiger partial charge in [0.1, 0.15) is 5.58 Å². The van der Waals surface area contributed by atoms with Gasteiger partial charge < -0.3 is 15.1 Å². The maximum Gasteiger partial charge on any atom is 0.336 e. The van der Waals surface area contributed by atoms with E-state index in [0.717, 1.165) is 30.3 Å². The Labute approximate surface area is 116 Å². The van der Waals surface area contributed by atoms with Gasteiger partial charge in [0.25, 0.3) is 0 Å². The maximum absolute atomic E-state index is 12.0. The number of aryl methyl sites for hydroxylation is 1. The molecule has 2 aromatic rings. The number of amides is 1. The Morgan fingerprint density at radius 1 is 1.40 bits per heavy atom. The minimum absolute atomic E-state index is 0.0446. The monoisotopic (exact) mass is 272 g/mol. The third kappa shape index (κ3) is 2.44. The Balaban J connectivity index is 1.89. The average Bonchev–Trinajstić information content (AvgIpc) is 2.91. The Bertz CT molecular complexity index is 715. The summed E-state index contributed by atoms with van der Waals surface area (Å²) in [5.74, 6) is -0.0446. The molecule has 0 spiro atoms. The maximum atomic E-state index is 12.0. The Hall–Kier alpha value is -2.14. The predicted octanol–water partition coefficient (Wildman–Crippen LogP) is 1.79. The van der Waals surface area contributed by atoms with Gasteiger partial charge in [-0.1, -0.05) is 0 Å². The predicted molar refractivity (Wildman–Crippen MR) is 76.9 cm³/mol. The van der Waals surface area contributed by atoms with Crippen LogP contribution in [0.1, 0.15) is 18.4 Å². The van der Waals surface area contributed by atoms with Gasteiger partial charge in [0, 0.05) is 23.2 Å². The van der Waals surface area contributed by atoms with Gasteiger partial charge in [-0.25, -0.2) is 4.79 Å². The second-order valence-electron chi connectivity index (χ2n) is 5.10. The normalized spacial score (nSPS) is 18.4. The SMILES string of the molecule is Cc1cc(=O)oc2cc(NC(=O)[C@H]3CCCN3)ccc12. The van der Waals surface area contributed by atoms with E-state index >= 15 is 0 Å². The lowest BCUT2D eigenvalue weighted by Gasteiger charge is -2.11. The van der Waals surface area contributed by atoms with Crippen LogP contribution in [0, 0.1) is 6.92 Å². The molecule has 20 heavy (non-hydrogen) atoms. The summed E-state index contributed by atoms with van der Waals surface area (Å²) in [4.78, 5) is 23.4. The van der Waals surface area contributed by atoms with E-state index in [-0.39, 0.29) is 17.6 Å². The number of carbonyl (C=O) groups is 1. The van der Waals surface area contributed by atoms with E-state index in [4.69, 9.17) is 4.42 Å². The van der Waals surface area contributed by atoms with E-state index in [1.807, 2.05) is 19.1 Å². The number of rotatable bonds is 2. The molecule has 2 heterocycles. The highest BCUT2D eigenvalue weighted by molar-refractivity contribution is 5.96. The molecule has 1 amide bonds. The molecular weight excluding hydrogens is 256 g/mol. The van der Waals surface area contributed by atoms with Crippen LogP contribution in [0.3, 0.4) is 0 Å². The molecule has 0 bridgehead atoms. The second kappa shape index (κ2) is 5.09. The summed E-state index contributed by atoms with van der Waals surface area (Å²) < 4.78 is 5.17. The van der Waals surface area contributed by atoms with Gasteiger partial charge in [-0.15, -0.1) is 0 Å². The first-order valence-corrected chi connectivity index (χ1v) is 6.72. The molecule has 2 N–H and O–H groups in total. The smallest absolute Gasteiger partial charge is 0.336 e. The number of hydrogen-bond acceptors (Lipinski definition) is 4. The van der Waals surface area contributed by atoms with Crippen molar-refractivity contribution >= 4 is 22.6 Å². The number of fused-ring (bicyclic) bond motifs is 1. The molecule has 0 aliphatic carbocycles. The zero-order chi connectivity index (χ0) is 14.1. The summed E-state index contributed by atoms with van der Waals surface area (Å²) in [5.41, 5.74) is 1.62. The lowest BCUT2D eigenvalue weighted by atomic mass is 10.1. The van der Waals surface area contributed by atoms with E-state index < -0.39 is 0 Å². The molecule has 1 aromatic carbocycles. The molecular formula is C15H16N2O3. The standard InChI is InChI=1S/C15H16N2O3/c1-9-7-14(18)20-13-8-10(4-5-11(9)13)17-15(19)12-3-2-6-16-12/h4-5,7-8,12,16H,2-3,6H2,1H3,(H,17,19)/t12-/m1/s1. The zero-order valence-corrected chi connectivity index (χ0v) is 11.2. The van der Waals surface area contributed by atoms with Gasteiger partial charge in [0.15, 0.2) is 0 Å². The van der Waals surface area contributed by atoms with Gasteiger partial charge in [-0.2, -0.15) is 0 Å². The van der Waals surface area contributed by atoms with Crippen LogP contribution in [0.4, 0.5) is 5.69 Å². The number of anilines is 1. The van der Waals surface area contributed by atoms with E-state index in [9.17, 15) is 9.59 Å². The van der Waals surface area contributed by atoms with Crippen LogP contribution < -0.4 is 16.3 Å². The molecule has 104 valence electrons. The average molecular weight is 272 g/mol. The fourth-order valence-electron chi connectivity index (χ4n) is 2.54. The van der Waals surface area contributed by atoms with Crippen molar-refractivity contribution in [3.63, 3.8) is 0 Å². The number of benzene rings is 1. The van der Waals surface area contributed by atoms with Crippen molar-refractivity contribution in [1.29, 1.82) is 0 Å². The van der Waals surface area contributed by atoms with Crippen molar-refractivity contribution in [2.45, 2.75) is 25.8 Å². The highest BCUT2D eigenvalue weighted by Crippen LogP contribution is 2.21. The van der Waals surface area contributed by atoms with Crippen molar-refractivity contribution in [3.8, 4) is 0 Å². The van der Waals surface area contributed by atoms with Gasteiger partial charge in [0.05, 0.1) is 6.04 Å². The highest BCUT2D eigenvalue weighted by atomic mass is 16.4. The van der Waals surface area contributed by atoms with Crippen molar-refractivity contribution in [2.24, 2.45) is 0 Å². The van der Waals surface area contributed by atoms with E-state index in [2.05, 4.69) is 10.6 Å². The number of nitrogens with one attached hydrogen (secondary N) is 2. The summed E-state index contributed by atoms with van der Waals surface area (Å²) in [6.07, 6.45) is 1.87. The number of carbonyl (C=O) groups excluding carboxylic acids is 1. The largest absolute Gasteiger partial charge is 0.423 e. The minimum Gasteiger partial charge on any atom is -0.423 e. The topological polar surface area (TPSA) is 71.3 Å².